The number of amides is 1. The number of carbonyl (C=O) groups excluding carboxylic acids is 2. The Morgan fingerprint density at radius 1 is 1.25 bits per heavy atom. The Morgan fingerprint density at radius 3 is 2.92 bits per heavy atom. The number of rotatable bonds is 6. The van der Waals surface area contributed by atoms with Crippen LogP contribution in [-0.4, -0.2) is 25.6 Å². The second-order valence-corrected chi connectivity index (χ2v) is 6.75. The van der Waals surface area contributed by atoms with E-state index >= 15 is 0 Å². The van der Waals surface area contributed by atoms with Crippen LogP contribution in [-0.2, 0) is 28.9 Å². The number of ether oxygens (including phenoxy) is 2. The number of esters is 1. The van der Waals surface area contributed by atoms with E-state index in [1.807, 2.05) is 30.3 Å². The van der Waals surface area contributed by atoms with E-state index in [0.717, 1.165) is 30.6 Å². The molecular weight excluding hydrogens is 326 g/mol. The fraction of sp³-hybridized carbons (Fsp3) is 0.333. The van der Waals surface area contributed by atoms with Crippen LogP contribution >= 0.6 is 11.3 Å². The van der Waals surface area contributed by atoms with Gasteiger partial charge < -0.3 is 14.8 Å². The number of hydrogen-bond donors (Lipinski definition) is 1. The van der Waals surface area contributed by atoms with E-state index in [9.17, 15) is 9.59 Å². The molecule has 0 saturated carbocycles. The van der Waals surface area contributed by atoms with Gasteiger partial charge in [-0.3, -0.25) is 4.79 Å². The Bertz CT molecular complexity index is 732. The first kappa shape index (κ1) is 16.5. The predicted octanol–water partition coefficient (Wildman–Crippen LogP) is 2.72. The van der Waals surface area contributed by atoms with Crippen molar-refractivity contribution in [1.29, 1.82) is 0 Å². The summed E-state index contributed by atoms with van der Waals surface area (Å²) in [6, 6.07) is 9.33. The van der Waals surface area contributed by atoms with E-state index in [1.54, 1.807) is 7.11 Å². The van der Waals surface area contributed by atoms with Gasteiger partial charge in [-0.05, 0) is 48.6 Å². The highest BCUT2D eigenvalue weighted by molar-refractivity contribution is 7.14. The van der Waals surface area contributed by atoms with Gasteiger partial charge >= 0.3 is 5.97 Å². The fourth-order valence-electron chi connectivity index (χ4n) is 2.67. The third-order valence-electron chi connectivity index (χ3n) is 3.91. The Morgan fingerprint density at radius 2 is 2.12 bits per heavy atom. The number of benzene rings is 1. The average molecular weight is 345 g/mol. The van der Waals surface area contributed by atoms with Gasteiger partial charge in [-0.1, -0.05) is 12.1 Å². The van der Waals surface area contributed by atoms with E-state index < -0.39 is 5.97 Å². The van der Waals surface area contributed by atoms with Crippen molar-refractivity contribution in [2.45, 2.75) is 25.8 Å². The maximum atomic E-state index is 12.0. The summed E-state index contributed by atoms with van der Waals surface area (Å²) in [6.07, 6.45) is 3.22. The normalized spacial score (nSPS) is 12.5. The third kappa shape index (κ3) is 3.94. The van der Waals surface area contributed by atoms with E-state index in [0.29, 0.717) is 11.4 Å². The Balaban J connectivity index is 1.45. The van der Waals surface area contributed by atoms with Crippen molar-refractivity contribution < 1.29 is 19.1 Å². The van der Waals surface area contributed by atoms with Crippen molar-refractivity contribution in [3.63, 3.8) is 0 Å². The molecule has 0 radical (unpaired) electrons. The summed E-state index contributed by atoms with van der Waals surface area (Å²) in [4.78, 5) is 25.7. The smallest absolute Gasteiger partial charge is 0.348 e. The minimum Gasteiger partial charge on any atom is -0.497 e. The quantitative estimate of drug-likeness (QED) is 0.818. The van der Waals surface area contributed by atoms with Gasteiger partial charge in [-0.15, -0.1) is 11.3 Å². The number of aryl methyl sites for hydroxylation is 2. The largest absolute Gasteiger partial charge is 0.497 e. The molecule has 0 atom stereocenters. The molecule has 1 heterocycles. The lowest BCUT2D eigenvalue weighted by Crippen LogP contribution is -2.28. The minimum absolute atomic E-state index is 0.272. The molecule has 126 valence electrons. The average Bonchev–Trinajstić information content (AvgIpc) is 3.20. The summed E-state index contributed by atoms with van der Waals surface area (Å²) in [5, 5.41) is 2.73. The highest BCUT2D eigenvalue weighted by atomic mass is 32.1. The van der Waals surface area contributed by atoms with Crippen LogP contribution in [0, 0.1) is 0 Å². The Labute approximate surface area is 144 Å². The third-order valence-corrected chi connectivity index (χ3v) is 5.12. The van der Waals surface area contributed by atoms with Gasteiger partial charge in [0, 0.05) is 11.4 Å². The molecule has 5 nitrogen and oxygen atoms in total. The van der Waals surface area contributed by atoms with Crippen LogP contribution in [0.3, 0.4) is 0 Å². The molecule has 0 aliphatic heterocycles. The number of thiophene rings is 1. The molecule has 24 heavy (non-hydrogen) atoms. The topological polar surface area (TPSA) is 64.6 Å². The predicted molar refractivity (Wildman–Crippen MR) is 91.5 cm³/mol. The molecule has 1 aliphatic carbocycles. The Hall–Kier alpha value is -2.34. The van der Waals surface area contributed by atoms with E-state index in [-0.39, 0.29) is 12.5 Å². The van der Waals surface area contributed by atoms with Crippen LogP contribution in [0.25, 0.3) is 0 Å². The van der Waals surface area contributed by atoms with Gasteiger partial charge in [0.1, 0.15) is 10.6 Å². The zero-order chi connectivity index (χ0) is 16.9. The molecule has 2 aromatic rings. The van der Waals surface area contributed by atoms with Gasteiger partial charge in [0.15, 0.2) is 6.61 Å². The minimum atomic E-state index is -0.425. The Kier molecular flexibility index (Phi) is 5.15. The van der Waals surface area contributed by atoms with Crippen molar-refractivity contribution in [3.05, 3.63) is 51.2 Å². The van der Waals surface area contributed by atoms with Gasteiger partial charge in [0.25, 0.3) is 5.91 Å². The maximum absolute atomic E-state index is 12.0. The zero-order valence-corrected chi connectivity index (χ0v) is 14.3. The first-order valence-corrected chi connectivity index (χ1v) is 8.65. The molecular formula is C18H19NO4S. The molecule has 1 aromatic heterocycles. The summed E-state index contributed by atoms with van der Waals surface area (Å²) in [5.41, 5.74) is 2.16. The molecule has 1 amide bonds. The van der Waals surface area contributed by atoms with E-state index in [4.69, 9.17) is 9.47 Å². The molecule has 0 spiro atoms. The van der Waals surface area contributed by atoms with Gasteiger partial charge in [-0.2, -0.15) is 0 Å². The van der Waals surface area contributed by atoms with Crippen LogP contribution in [0.4, 0.5) is 0 Å². The summed E-state index contributed by atoms with van der Waals surface area (Å²) in [5.74, 6) is -0.0138. The molecule has 0 bridgehead atoms. The molecule has 1 N–H and O–H groups in total. The number of carbonyl (C=O) groups is 2. The monoisotopic (exact) mass is 345 g/mol. The molecule has 1 aliphatic rings. The molecule has 0 fully saturated rings. The van der Waals surface area contributed by atoms with Gasteiger partial charge in [0.05, 0.1) is 7.11 Å². The summed E-state index contributed by atoms with van der Waals surface area (Å²) < 4.78 is 10.2. The molecule has 6 heteroatoms. The first-order chi connectivity index (χ1) is 11.7. The van der Waals surface area contributed by atoms with Crippen LogP contribution in [0.2, 0.25) is 0 Å². The fourth-order valence-corrected chi connectivity index (χ4v) is 3.81. The molecule has 1 aromatic carbocycles. The van der Waals surface area contributed by atoms with Gasteiger partial charge in [0.2, 0.25) is 0 Å². The van der Waals surface area contributed by atoms with Crippen molar-refractivity contribution >= 4 is 23.2 Å². The maximum Gasteiger partial charge on any atom is 0.348 e. The van der Waals surface area contributed by atoms with Gasteiger partial charge in [-0.25, -0.2) is 4.79 Å². The first-order valence-electron chi connectivity index (χ1n) is 7.84. The lowest BCUT2D eigenvalue weighted by atomic mass is 10.2. The highest BCUT2D eigenvalue weighted by Gasteiger charge is 2.19. The lowest BCUT2D eigenvalue weighted by molar-refractivity contribution is -0.124. The SMILES string of the molecule is COc1cccc(CNC(=O)COC(=O)c2cc3c(s2)CCC3)c1. The zero-order valence-electron chi connectivity index (χ0n) is 13.5. The van der Waals surface area contributed by atoms with Crippen molar-refractivity contribution in [1.82, 2.24) is 5.32 Å². The van der Waals surface area contributed by atoms with Crippen LogP contribution in [0.5, 0.6) is 5.75 Å². The standard InChI is InChI=1S/C18H19NO4S/c1-22-14-6-2-4-12(8-14)10-19-17(20)11-23-18(21)16-9-13-5-3-7-15(13)24-16/h2,4,6,8-9H,3,5,7,10-11H2,1H3,(H,19,20). The molecule has 0 saturated heterocycles. The number of fused-ring (bicyclic) bond motifs is 1. The number of methoxy groups -OCH3 is 1. The van der Waals surface area contributed by atoms with Crippen LogP contribution in [0.1, 0.15) is 32.1 Å². The second-order valence-electron chi connectivity index (χ2n) is 5.62. The number of hydrogen-bond acceptors (Lipinski definition) is 5. The van der Waals surface area contributed by atoms with Crippen LogP contribution < -0.4 is 10.1 Å². The van der Waals surface area contributed by atoms with Crippen molar-refractivity contribution in [3.8, 4) is 5.75 Å². The second kappa shape index (κ2) is 7.49. The summed E-state index contributed by atoms with van der Waals surface area (Å²) in [6.45, 7) is 0.0895. The van der Waals surface area contributed by atoms with E-state index in [1.165, 1.54) is 21.8 Å². The summed E-state index contributed by atoms with van der Waals surface area (Å²) >= 11 is 1.48. The van der Waals surface area contributed by atoms with Crippen molar-refractivity contribution in [2.75, 3.05) is 13.7 Å². The number of nitrogens with one attached hydrogen (secondary N) is 1. The van der Waals surface area contributed by atoms with E-state index in [2.05, 4.69) is 5.32 Å². The lowest BCUT2D eigenvalue weighted by Gasteiger charge is -2.07. The summed E-state index contributed by atoms with van der Waals surface area (Å²) in [7, 11) is 1.59. The van der Waals surface area contributed by atoms with Crippen LogP contribution in [0.15, 0.2) is 30.3 Å². The van der Waals surface area contributed by atoms with Crippen molar-refractivity contribution in [2.24, 2.45) is 0 Å². The molecule has 0 unspecified atom stereocenters. The highest BCUT2D eigenvalue weighted by Crippen LogP contribution is 2.30. The molecule has 3 rings (SSSR count).